The van der Waals surface area contributed by atoms with Gasteiger partial charge in [-0.1, -0.05) is 0 Å². The summed E-state index contributed by atoms with van der Waals surface area (Å²) in [5.74, 6) is -1.57. The van der Waals surface area contributed by atoms with E-state index in [0.717, 1.165) is 18.2 Å². The molecule has 0 saturated heterocycles. The van der Waals surface area contributed by atoms with Gasteiger partial charge in [0.1, 0.15) is 0 Å². The first-order valence-electron chi connectivity index (χ1n) is 5.63. The van der Waals surface area contributed by atoms with Crippen LogP contribution in [0.25, 0.3) is 0 Å². The Labute approximate surface area is 114 Å². The Morgan fingerprint density at radius 1 is 1.60 bits per heavy atom. The second-order valence-corrected chi connectivity index (χ2v) is 3.88. The summed E-state index contributed by atoms with van der Waals surface area (Å²) in [5, 5.41) is 18.8. The van der Waals surface area contributed by atoms with Crippen molar-refractivity contribution in [1.29, 1.82) is 5.26 Å². The number of halogens is 1. The Kier molecular flexibility index (Phi) is 5.41. The standard InChI is InChI=1S/C12H12FN3O4/c1-15(6-2-5-14)12(17)8-20-11-4-3-9(16(18)19)7-10(11)13/h3-4,7H,2,6,8H2,1H3. The van der Waals surface area contributed by atoms with E-state index in [4.69, 9.17) is 10.00 Å². The molecule has 7 nitrogen and oxygen atoms in total. The zero-order valence-corrected chi connectivity index (χ0v) is 10.7. The summed E-state index contributed by atoms with van der Waals surface area (Å²) in [6, 6.07) is 4.79. The first-order valence-corrected chi connectivity index (χ1v) is 5.63. The number of nitro groups is 1. The largest absolute Gasteiger partial charge is 0.481 e. The smallest absolute Gasteiger partial charge is 0.272 e. The van der Waals surface area contributed by atoms with Gasteiger partial charge in [-0.15, -0.1) is 0 Å². The van der Waals surface area contributed by atoms with Crippen molar-refractivity contribution in [3.8, 4) is 11.8 Å². The fourth-order valence-electron chi connectivity index (χ4n) is 1.31. The van der Waals surface area contributed by atoms with E-state index in [0.29, 0.717) is 0 Å². The highest BCUT2D eigenvalue weighted by atomic mass is 19.1. The van der Waals surface area contributed by atoms with Crippen LogP contribution in [-0.4, -0.2) is 35.9 Å². The average Bonchev–Trinajstić information content (AvgIpc) is 2.42. The van der Waals surface area contributed by atoms with E-state index in [9.17, 15) is 19.3 Å². The number of nitro benzene ring substituents is 1. The van der Waals surface area contributed by atoms with Crippen LogP contribution in [0, 0.1) is 27.3 Å². The Hall–Kier alpha value is -2.69. The molecular weight excluding hydrogens is 269 g/mol. The van der Waals surface area contributed by atoms with Crippen molar-refractivity contribution in [1.82, 2.24) is 4.90 Å². The third-order valence-electron chi connectivity index (χ3n) is 2.46. The minimum absolute atomic E-state index is 0.189. The van der Waals surface area contributed by atoms with Gasteiger partial charge >= 0.3 is 0 Å². The van der Waals surface area contributed by atoms with Gasteiger partial charge in [0.2, 0.25) is 0 Å². The molecule has 0 aliphatic carbocycles. The number of nitriles is 1. The van der Waals surface area contributed by atoms with Gasteiger partial charge in [-0.25, -0.2) is 4.39 Å². The number of rotatable bonds is 6. The fraction of sp³-hybridized carbons (Fsp3) is 0.333. The van der Waals surface area contributed by atoms with Crippen LogP contribution < -0.4 is 4.74 Å². The predicted molar refractivity (Wildman–Crippen MR) is 66.4 cm³/mol. The maximum absolute atomic E-state index is 13.5. The van der Waals surface area contributed by atoms with Gasteiger partial charge in [0.05, 0.1) is 23.5 Å². The quantitative estimate of drug-likeness (QED) is 0.581. The van der Waals surface area contributed by atoms with Crippen molar-refractivity contribution in [3.63, 3.8) is 0 Å². The molecule has 0 spiro atoms. The number of nitrogens with zero attached hydrogens (tertiary/aromatic N) is 3. The van der Waals surface area contributed by atoms with E-state index in [2.05, 4.69) is 0 Å². The molecule has 1 aromatic carbocycles. The molecule has 20 heavy (non-hydrogen) atoms. The molecule has 1 rings (SSSR count). The van der Waals surface area contributed by atoms with E-state index < -0.39 is 28.9 Å². The SMILES string of the molecule is CN(CCC#N)C(=O)COc1ccc([N+](=O)[O-])cc1F. The highest BCUT2D eigenvalue weighted by molar-refractivity contribution is 5.77. The normalized spacial score (nSPS) is 9.65. The first kappa shape index (κ1) is 15.4. The fourth-order valence-corrected chi connectivity index (χ4v) is 1.31. The molecule has 0 fully saturated rings. The molecular formula is C12H12FN3O4. The summed E-state index contributed by atoms with van der Waals surface area (Å²) in [7, 11) is 1.50. The Balaban J connectivity index is 2.60. The number of amides is 1. The van der Waals surface area contributed by atoms with Gasteiger partial charge in [0, 0.05) is 19.7 Å². The van der Waals surface area contributed by atoms with E-state index in [1.807, 2.05) is 6.07 Å². The molecule has 0 unspecified atom stereocenters. The van der Waals surface area contributed by atoms with Crippen LogP contribution in [0.2, 0.25) is 0 Å². The van der Waals surface area contributed by atoms with Crippen molar-refractivity contribution < 1.29 is 18.8 Å². The van der Waals surface area contributed by atoms with E-state index >= 15 is 0 Å². The van der Waals surface area contributed by atoms with Crippen molar-refractivity contribution >= 4 is 11.6 Å². The van der Waals surface area contributed by atoms with Gasteiger partial charge in [-0.3, -0.25) is 14.9 Å². The number of ether oxygens (including phenoxy) is 1. The zero-order valence-electron chi connectivity index (χ0n) is 10.7. The van der Waals surface area contributed by atoms with Crippen LogP contribution in [0.3, 0.4) is 0 Å². The lowest BCUT2D eigenvalue weighted by atomic mass is 10.3. The summed E-state index contributed by atoms with van der Waals surface area (Å²) in [6.07, 6.45) is 0.189. The minimum atomic E-state index is -0.910. The Bertz CT molecular complexity index is 556. The molecule has 0 heterocycles. The highest BCUT2D eigenvalue weighted by Crippen LogP contribution is 2.22. The van der Waals surface area contributed by atoms with Crippen LogP contribution >= 0.6 is 0 Å². The number of carbonyl (C=O) groups excluding carboxylic acids is 1. The number of hydrogen-bond donors (Lipinski definition) is 0. The minimum Gasteiger partial charge on any atom is -0.481 e. The molecule has 0 radical (unpaired) electrons. The monoisotopic (exact) mass is 281 g/mol. The molecule has 106 valence electrons. The van der Waals surface area contributed by atoms with E-state index in [-0.39, 0.29) is 18.7 Å². The molecule has 0 bridgehead atoms. The number of hydrogen-bond acceptors (Lipinski definition) is 5. The maximum atomic E-state index is 13.5. The van der Waals surface area contributed by atoms with E-state index in [1.165, 1.54) is 11.9 Å². The predicted octanol–water partition coefficient (Wildman–Crippen LogP) is 1.48. The lowest BCUT2D eigenvalue weighted by Crippen LogP contribution is -2.32. The van der Waals surface area contributed by atoms with Crippen LogP contribution in [0.5, 0.6) is 5.75 Å². The molecule has 0 saturated carbocycles. The molecule has 1 aromatic rings. The van der Waals surface area contributed by atoms with E-state index in [1.54, 1.807) is 0 Å². The third kappa shape index (κ3) is 4.20. The number of carbonyl (C=O) groups is 1. The van der Waals surface area contributed by atoms with Gasteiger partial charge in [-0.2, -0.15) is 5.26 Å². The second-order valence-electron chi connectivity index (χ2n) is 3.88. The number of non-ortho nitro benzene ring substituents is 1. The van der Waals surface area contributed by atoms with Crippen LogP contribution in [0.15, 0.2) is 18.2 Å². The van der Waals surface area contributed by atoms with Crippen molar-refractivity contribution in [3.05, 3.63) is 34.1 Å². The summed E-state index contributed by atoms with van der Waals surface area (Å²) in [4.78, 5) is 22.6. The van der Waals surface area contributed by atoms with Gasteiger partial charge in [0.25, 0.3) is 11.6 Å². The number of benzene rings is 1. The van der Waals surface area contributed by atoms with Gasteiger partial charge in [0.15, 0.2) is 18.2 Å². The van der Waals surface area contributed by atoms with Crippen molar-refractivity contribution in [2.75, 3.05) is 20.2 Å². The highest BCUT2D eigenvalue weighted by Gasteiger charge is 2.14. The molecule has 0 aliphatic rings. The summed E-state index contributed by atoms with van der Waals surface area (Å²) >= 11 is 0. The van der Waals surface area contributed by atoms with Gasteiger partial charge < -0.3 is 9.64 Å². The van der Waals surface area contributed by atoms with Crippen molar-refractivity contribution in [2.45, 2.75) is 6.42 Å². The lowest BCUT2D eigenvalue weighted by molar-refractivity contribution is -0.385. The molecule has 0 N–H and O–H groups in total. The molecule has 0 atom stereocenters. The number of likely N-dealkylation sites (N-methyl/N-ethyl adjacent to an activating group) is 1. The van der Waals surface area contributed by atoms with Crippen LogP contribution in [0.4, 0.5) is 10.1 Å². The second kappa shape index (κ2) is 7.04. The Morgan fingerprint density at radius 3 is 2.85 bits per heavy atom. The molecule has 0 aliphatic heterocycles. The van der Waals surface area contributed by atoms with Gasteiger partial charge in [-0.05, 0) is 6.07 Å². The van der Waals surface area contributed by atoms with Crippen LogP contribution in [-0.2, 0) is 4.79 Å². The lowest BCUT2D eigenvalue weighted by Gasteiger charge is -2.15. The summed E-state index contributed by atoms with van der Waals surface area (Å²) < 4.78 is 18.4. The molecule has 8 heteroatoms. The maximum Gasteiger partial charge on any atom is 0.272 e. The molecule has 1 amide bonds. The molecule has 0 aromatic heterocycles. The third-order valence-corrected chi connectivity index (χ3v) is 2.46. The zero-order chi connectivity index (χ0) is 15.1. The Morgan fingerprint density at radius 2 is 2.30 bits per heavy atom. The average molecular weight is 281 g/mol. The first-order chi connectivity index (χ1) is 9.45. The summed E-state index contributed by atoms with van der Waals surface area (Å²) in [6.45, 7) is -0.155. The van der Waals surface area contributed by atoms with Crippen molar-refractivity contribution in [2.24, 2.45) is 0 Å². The topological polar surface area (TPSA) is 96.5 Å². The van der Waals surface area contributed by atoms with Crippen LogP contribution in [0.1, 0.15) is 6.42 Å². The summed E-state index contributed by atoms with van der Waals surface area (Å²) in [5.41, 5.74) is -0.396.